The number of thiol groups is 2. The van der Waals surface area contributed by atoms with Crippen LogP contribution >= 0.6 is 25.3 Å². The summed E-state index contributed by atoms with van der Waals surface area (Å²) < 4.78 is 0. The molecule has 0 radical (unpaired) electrons. The fourth-order valence-corrected chi connectivity index (χ4v) is 11.1. The maximum atomic E-state index is 15.1. The van der Waals surface area contributed by atoms with E-state index in [1.807, 2.05) is 12.1 Å². The molecule has 2 aromatic heterocycles. The van der Waals surface area contributed by atoms with Gasteiger partial charge in [0.15, 0.2) is 0 Å². The molecule has 0 fully saturated rings. The van der Waals surface area contributed by atoms with Crippen molar-refractivity contribution in [3.8, 4) is 5.75 Å². The molecule has 30 nitrogen and oxygen atoms in total. The van der Waals surface area contributed by atoms with E-state index in [2.05, 4.69) is 88.1 Å². The normalized spacial score (nSPS) is 14.5. The predicted molar refractivity (Wildman–Crippen MR) is 372 cm³/mol. The highest BCUT2D eigenvalue weighted by atomic mass is 32.1. The van der Waals surface area contributed by atoms with Gasteiger partial charge in [-0.05, 0) is 65.1 Å². The molecule has 0 bridgehead atoms. The minimum atomic E-state index is -1.80. The van der Waals surface area contributed by atoms with Gasteiger partial charge < -0.3 is 88.9 Å². The number of likely N-dealkylation sites (N-methyl/N-ethyl adjacent to an activating group) is 1. The van der Waals surface area contributed by atoms with E-state index >= 15 is 9.59 Å². The molecule has 0 aliphatic carbocycles. The highest BCUT2D eigenvalue weighted by Crippen LogP contribution is 2.23. The average Bonchev–Trinajstić information content (AvgIpc) is 1.36. The second kappa shape index (κ2) is 36.7. The van der Waals surface area contributed by atoms with Crippen LogP contribution in [-0.4, -0.2) is 203 Å². The number of hydrogen-bond donors (Lipinski definition) is 18. The summed E-state index contributed by atoms with van der Waals surface area (Å²) in [5.74, 6) is -13.2. The molecule has 0 unspecified atom stereocenters. The van der Waals surface area contributed by atoms with Crippen LogP contribution in [0.1, 0.15) is 48.2 Å². The van der Waals surface area contributed by atoms with Crippen LogP contribution in [0.5, 0.6) is 5.75 Å². The molecule has 7 rings (SSSR count). The summed E-state index contributed by atoms with van der Waals surface area (Å²) in [6.45, 7) is 1.70. The number of benzene rings is 5. The highest BCUT2D eigenvalue weighted by molar-refractivity contribution is 7.80. The van der Waals surface area contributed by atoms with Gasteiger partial charge >= 0.3 is 11.9 Å². The number of carbonyl (C=O) groups excluding carboxylic acids is 10. The number of phenolic OH excluding ortho intramolecular Hbond substituents is 1. The highest BCUT2D eigenvalue weighted by Gasteiger charge is 2.37. The number of nitrogens with one attached hydrogen (secondary N) is 11. The molecular formula is C68H80N14O16S2. The number of aromatic hydroxyl groups is 1. The van der Waals surface area contributed by atoms with Gasteiger partial charge in [0.1, 0.15) is 60.1 Å². The third kappa shape index (κ3) is 22.1. The molecule has 530 valence electrons. The Labute approximate surface area is 584 Å². The number of phenols is 1. The summed E-state index contributed by atoms with van der Waals surface area (Å²) >= 11 is 8.33. The summed E-state index contributed by atoms with van der Waals surface area (Å²) in [6, 6.07) is 18.2. The van der Waals surface area contributed by atoms with Gasteiger partial charge in [0.25, 0.3) is 0 Å². The molecule has 11 atom stereocenters. The fraction of sp³-hybridized carbons (Fsp3) is 0.338. The van der Waals surface area contributed by atoms with Crippen molar-refractivity contribution in [1.82, 2.24) is 67.7 Å². The van der Waals surface area contributed by atoms with Crippen molar-refractivity contribution in [1.29, 1.82) is 0 Å². The van der Waals surface area contributed by atoms with Gasteiger partial charge in [0.2, 0.25) is 59.1 Å². The number of carboxylic acid groups (broad SMARTS) is 2. The zero-order valence-corrected chi connectivity index (χ0v) is 56.3. The molecule has 7 aromatic rings. The molecule has 32 heteroatoms. The number of aliphatic hydroxyl groups is 1. The van der Waals surface area contributed by atoms with Crippen LogP contribution in [0.3, 0.4) is 0 Å². The number of imidazole rings is 1. The lowest BCUT2D eigenvalue weighted by atomic mass is 9.97. The van der Waals surface area contributed by atoms with Gasteiger partial charge in [0.05, 0.1) is 31.4 Å². The minimum absolute atomic E-state index is 0.0638. The van der Waals surface area contributed by atoms with Gasteiger partial charge in [-0.15, -0.1) is 0 Å². The van der Waals surface area contributed by atoms with Gasteiger partial charge in [-0.3, -0.25) is 52.7 Å². The molecule has 0 saturated heterocycles. The van der Waals surface area contributed by atoms with E-state index < -0.39 is 156 Å². The number of aliphatic hydroxyl groups excluding tert-OH is 1. The number of nitrogens with two attached hydrogens (primary N) is 1. The zero-order chi connectivity index (χ0) is 72.7. The first-order valence-corrected chi connectivity index (χ1v) is 32.9. The van der Waals surface area contributed by atoms with Crippen LogP contribution in [0.15, 0.2) is 140 Å². The maximum Gasteiger partial charge on any atom is 0.326 e. The number of nitrogens with zero attached hydrogens (tertiary/aromatic N) is 2. The Morgan fingerprint density at radius 3 is 1.69 bits per heavy atom. The van der Waals surface area contributed by atoms with E-state index in [1.54, 1.807) is 91.1 Å². The number of hydrogen-bond acceptors (Lipinski definition) is 18. The van der Waals surface area contributed by atoms with Crippen molar-refractivity contribution >= 4 is 118 Å². The van der Waals surface area contributed by atoms with E-state index in [4.69, 9.17) is 5.73 Å². The Kier molecular flexibility index (Phi) is 28.1. The van der Waals surface area contributed by atoms with Gasteiger partial charge in [-0.2, -0.15) is 25.3 Å². The van der Waals surface area contributed by atoms with Crippen molar-refractivity contribution in [2.75, 3.05) is 25.1 Å². The van der Waals surface area contributed by atoms with Crippen molar-refractivity contribution in [3.05, 3.63) is 168 Å². The van der Waals surface area contributed by atoms with E-state index in [-0.39, 0.29) is 43.6 Å². The SMILES string of the molecule is C[C@H](NC(=O)[C@@H](N)CS)C(=O)N[C@@H](CC(=O)O)C(=O)N[C@@H](Cc1c[nH]c2ccccc12)C(=O)N(C)CC(=O)N[C@@H](CS)C(=O)N[C@@H](Cc1ccc(O)cc1)C(=O)N[C@@H](Cc1cccc2ccccc12)C(=O)N[C@@H](Cc1cnc[nH]1)C(=O)N[C@H](C(=O)N[C@@H](Cc1ccccc1)C(=O)O)[C@@H](C)O. The Bertz CT molecular complexity index is 4040. The molecule has 2 heterocycles. The average molecular weight is 1410 g/mol. The summed E-state index contributed by atoms with van der Waals surface area (Å²) in [6.07, 6.45) is 0.468. The number of fused-ring (bicyclic) bond motifs is 2. The molecule has 0 aliphatic heterocycles. The smallest absolute Gasteiger partial charge is 0.326 e. The summed E-state index contributed by atoms with van der Waals surface area (Å²) in [5, 5.41) is 65.7. The second-order valence-corrected chi connectivity index (χ2v) is 24.5. The largest absolute Gasteiger partial charge is 0.508 e. The van der Waals surface area contributed by atoms with E-state index in [0.29, 0.717) is 44.2 Å². The number of para-hydroxylation sites is 1. The van der Waals surface area contributed by atoms with Gasteiger partial charge in [-0.1, -0.05) is 103 Å². The fourth-order valence-electron chi connectivity index (χ4n) is 10.7. The second-order valence-electron chi connectivity index (χ2n) is 23.8. The summed E-state index contributed by atoms with van der Waals surface area (Å²) in [4.78, 5) is 177. The first-order valence-electron chi connectivity index (χ1n) is 31.6. The Balaban J connectivity index is 1.12. The number of aliphatic carboxylic acids is 2. The van der Waals surface area contributed by atoms with Crippen LogP contribution in [0.4, 0.5) is 0 Å². The molecule has 17 N–H and O–H groups in total. The number of aromatic amines is 2. The predicted octanol–water partition coefficient (Wildman–Crippen LogP) is -0.768. The Morgan fingerprint density at radius 2 is 1.06 bits per heavy atom. The van der Waals surface area contributed by atoms with Crippen molar-refractivity contribution in [2.45, 2.75) is 119 Å². The number of amides is 10. The minimum Gasteiger partial charge on any atom is -0.508 e. The van der Waals surface area contributed by atoms with Gasteiger partial charge in [-0.25, -0.2) is 9.78 Å². The van der Waals surface area contributed by atoms with Crippen LogP contribution in [0.25, 0.3) is 21.7 Å². The topological polar surface area (TPSA) is 468 Å². The number of rotatable bonds is 36. The molecule has 0 saturated carbocycles. The zero-order valence-electron chi connectivity index (χ0n) is 54.5. The maximum absolute atomic E-state index is 15.1. The molecule has 5 aromatic carbocycles. The first kappa shape index (κ1) is 76.5. The quantitative estimate of drug-likeness (QED) is 0.0215. The van der Waals surface area contributed by atoms with E-state index in [0.717, 1.165) is 10.3 Å². The third-order valence-electron chi connectivity index (χ3n) is 16.1. The van der Waals surface area contributed by atoms with Crippen LogP contribution < -0.4 is 53.6 Å². The Morgan fingerprint density at radius 1 is 0.520 bits per heavy atom. The first-order chi connectivity index (χ1) is 47.7. The number of H-pyrrole nitrogens is 2. The lowest BCUT2D eigenvalue weighted by Gasteiger charge is -2.28. The molecule has 0 aliphatic rings. The van der Waals surface area contributed by atoms with Crippen LogP contribution in [-0.2, 0) is 89.6 Å². The monoisotopic (exact) mass is 1410 g/mol. The van der Waals surface area contributed by atoms with Crippen molar-refractivity contribution < 1.29 is 78.0 Å². The Hall–Kier alpha value is -10.8. The number of carboxylic acids is 2. The molecule has 10 amide bonds. The van der Waals surface area contributed by atoms with Crippen LogP contribution in [0, 0.1) is 0 Å². The van der Waals surface area contributed by atoms with Crippen molar-refractivity contribution in [2.24, 2.45) is 5.73 Å². The summed E-state index contributed by atoms with van der Waals surface area (Å²) in [5.41, 5.74) is 8.72. The lowest BCUT2D eigenvalue weighted by molar-refractivity contribution is -0.143. The van der Waals surface area contributed by atoms with E-state index in [1.165, 1.54) is 57.7 Å². The molecule has 0 spiro atoms. The standard InChI is InChI=1S/C68H80N14O16S2/c1-36(73-60(89)47(69)33-99)59(88)75-52(29-57(86)87)63(92)79-53(27-42-30-71-48-19-10-9-18-46(42)48)67(96)82(3)32-56(85)74-55(34-100)65(94)76-49(24-39-20-22-44(84)23-21-39)61(90)77-50(26-41-16-11-15-40-14-7-8-17-45(40)41)62(91)78-51(28-43-31-70-35-72-43)64(93)81-58(37(2)83)66(95)80-54(68(97)98)25-38-12-5-4-6-13-38/h4-23,30-31,35-37,47,49-55,58,71,83-84,99-100H,24-29,32-34,69H2,1-3H3,(H,70,72)(H,73,89)(H,74,85)(H,75,88)(H,76,94)(H,77,90)(H,78,91)(H,79,92)(H,80,95)(H,81,93)(H,86,87)(H,97,98)/t36-,37+,47-,49-,50-,51-,52-,53-,54-,55-,58-/m0/s1. The number of aromatic nitrogens is 3. The van der Waals surface area contributed by atoms with Crippen LogP contribution in [0.2, 0.25) is 0 Å². The number of carbonyl (C=O) groups is 12. The van der Waals surface area contributed by atoms with E-state index in [9.17, 15) is 68.4 Å². The summed E-state index contributed by atoms with van der Waals surface area (Å²) in [7, 11) is 1.22. The third-order valence-corrected chi connectivity index (χ3v) is 16.9. The van der Waals surface area contributed by atoms with Gasteiger partial charge in [0, 0.05) is 79.6 Å². The lowest BCUT2D eigenvalue weighted by Crippen LogP contribution is -2.62. The van der Waals surface area contributed by atoms with Crippen molar-refractivity contribution in [3.63, 3.8) is 0 Å². The molecular weight excluding hydrogens is 1330 g/mol. The molecule has 100 heavy (non-hydrogen) atoms.